The third kappa shape index (κ3) is 4.76. The summed E-state index contributed by atoms with van der Waals surface area (Å²) in [5, 5.41) is 3.05. The van der Waals surface area contributed by atoms with E-state index in [2.05, 4.69) is 49.7 Å². The summed E-state index contributed by atoms with van der Waals surface area (Å²) >= 11 is 1.72. The number of hydrogen-bond acceptors (Lipinski definition) is 3. The van der Waals surface area contributed by atoms with Crippen molar-refractivity contribution in [1.82, 2.24) is 10.2 Å². The molecule has 0 spiro atoms. The van der Waals surface area contributed by atoms with Crippen molar-refractivity contribution in [2.24, 2.45) is 5.92 Å². The number of rotatable bonds is 8. The first-order valence-corrected chi connectivity index (χ1v) is 11.0. The van der Waals surface area contributed by atoms with Crippen molar-refractivity contribution in [2.75, 3.05) is 12.8 Å². The SMILES string of the molecule is CSc1ccc(CCNC(=O)[C@H](CC(C)C)N2Cc3ccccc3C2=O)cc1. The number of fused-ring (bicyclic) bond motifs is 1. The van der Waals surface area contributed by atoms with Gasteiger partial charge in [-0.2, -0.15) is 0 Å². The van der Waals surface area contributed by atoms with Gasteiger partial charge in [-0.1, -0.05) is 44.2 Å². The molecule has 1 aliphatic rings. The van der Waals surface area contributed by atoms with Crippen LogP contribution < -0.4 is 5.32 Å². The first-order chi connectivity index (χ1) is 13.5. The highest BCUT2D eigenvalue weighted by atomic mass is 32.2. The second-order valence-electron chi connectivity index (χ2n) is 7.62. The minimum atomic E-state index is -0.432. The van der Waals surface area contributed by atoms with E-state index in [4.69, 9.17) is 0 Å². The predicted octanol–water partition coefficient (Wildman–Crippen LogP) is 4.14. The molecule has 0 saturated carbocycles. The molecule has 1 heterocycles. The van der Waals surface area contributed by atoms with Crippen LogP contribution in [0.15, 0.2) is 53.4 Å². The highest BCUT2D eigenvalue weighted by Gasteiger charge is 2.36. The van der Waals surface area contributed by atoms with Gasteiger partial charge in [-0.05, 0) is 54.3 Å². The highest BCUT2D eigenvalue weighted by molar-refractivity contribution is 7.98. The fraction of sp³-hybridized carbons (Fsp3) is 0.391. The van der Waals surface area contributed by atoms with Gasteiger partial charge in [0.15, 0.2) is 0 Å². The van der Waals surface area contributed by atoms with Gasteiger partial charge in [0.1, 0.15) is 6.04 Å². The summed E-state index contributed by atoms with van der Waals surface area (Å²) in [5.74, 6) is 0.228. The molecule has 0 aromatic heterocycles. The fourth-order valence-electron chi connectivity index (χ4n) is 3.59. The van der Waals surface area contributed by atoms with Crippen molar-refractivity contribution in [3.8, 4) is 0 Å². The van der Waals surface area contributed by atoms with Gasteiger partial charge in [0, 0.05) is 23.5 Å². The van der Waals surface area contributed by atoms with Crippen LogP contribution in [0.25, 0.3) is 0 Å². The van der Waals surface area contributed by atoms with Crippen LogP contribution in [0.1, 0.15) is 41.8 Å². The Kier molecular flexibility index (Phi) is 6.79. The first-order valence-electron chi connectivity index (χ1n) is 9.79. The first kappa shape index (κ1) is 20.5. The monoisotopic (exact) mass is 396 g/mol. The molecule has 0 bridgehead atoms. The van der Waals surface area contributed by atoms with Gasteiger partial charge in [0.05, 0.1) is 0 Å². The minimum Gasteiger partial charge on any atom is -0.354 e. The van der Waals surface area contributed by atoms with Gasteiger partial charge in [0.2, 0.25) is 5.91 Å². The zero-order chi connectivity index (χ0) is 20.1. The molecular weight excluding hydrogens is 368 g/mol. The second-order valence-corrected chi connectivity index (χ2v) is 8.50. The second kappa shape index (κ2) is 9.28. The van der Waals surface area contributed by atoms with Crippen molar-refractivity contribution in [3.63, 3.8) is 0 Å². The van der Waals surface area contributed by atoms with E-state index >= 15 is 0 Å². The molecule has 4 nitrogen and oxygen atoms in total. The molecule has 1 aliphatic heterocycles. The van der Waals surface area contributed by atoms with E-state index in [1.54, 1.807) is 16.7 Å². The number of hydrogen-bond donors (Lipinski definition) is 1. The van der Waals surface area contributed by atoms with E-state index in [9.17, 15) is 9.59 Å². The van der Waals surface area contributed by atoms with Gasteiger partial charge in [0.25, 0.3) is 5.91 Å². The number of thioether (sulfide) groups is 1. The molecule has 2 amide bonds. The molecule has 0 aliphatic carbocycles. The van der Waals surface area contributed by atoms with Gasteiger partial charge < -0.3 is 10.2 Å². The van der Waals surface area contributed by atoms with E-state index in [1.165, 1.54) is 10.5 Å². The topological polar surface area (TPSA) is 49.4 Å². The molecule has 3 rings (SSSR count). The Bertz CT molecular complexity index is 833. The van der Waals surface area contributed by atoms with Crippen LogP contribution in [0.5, 0.6) is 0 Å². The van der Waals surface area contributed by atoms with Crippen LogP contribution in [-0.4, -0.2) is 35.6 Å². The summed E-state index contributed by atoms with van der Waals surface area (Å²) in [4.78, 5) is 28.7. The third-order valence-electron chi connectivity index (χ3n) is 5.09. The number of benzene rings is 2. The molecule has 1 atom stereocenters. The lowest BCUT2D eigenvalue weighted by molar-refractivity contribution is -0.126. The maximum Gasteiger partial charge on any atom is 0.255 e. The average molecular weight is 397 g/mol. The Morgan fingerprint density at radius 1 is 1.14 bits per heavy atom. The summed E-state index contributed by atoms with van der Waals surface area (Å²) in [7, 11) is 0. The standard InChI is InChI=1S/C23H28N2O2S/c1-16(2)14-21(25-15-18-6-4-5-7-20(18)23(25)27)22(26)24-13-12-17-8-10-19(28-3)11-9-17/h4-11,16,21H,12-15H2,1-3H3,(H,24,26)/t21-/m0/s1. The van der Waals surface area contributed by atoms with Gasteiger partial charge in [-0.15, -0.1) is 11.8 Å². The van der Waals surface area contributed by atoms with Crippen LogP contribution in [0.3, 0.4) is 0 Å². The summed E-state index contributed by atoms with van der Waals surface area (Å²) in [6, 6.07) is 15.6. The summed E-state index contributed by atoms with van der Waals surface area (Å²) < 4.78 is 0. The number of amides is 2. The van der Waals surface area contributed by atoms with Crippen LogP contribution >= 0.6 is 11.8 Å². The Morgan fingerprint density at radius 3 is 2.50 bits per heavy atom. The Balaban J connectivity index is 1.63. The lowest BCUT2D eigenvalue weighted by atomic mass is 10.0. The molecule has 2 aromatic carbocycles. The molecule has 28 heavy (non-hydrogen) atoms. The molecule has 1 N–H and O–H groups in total. The predicted molar refractivity (Wildman–Crippen MR) is 114 cm³/mol. The van der Waals surface area contributed by atoms with Gasteiger partial charge in [-0.25, -0.2) is 0 Å². The molecule has 0 radical (unpaired) electrons. The van der Waals surface area contributed by atoms with Crippen molar-refractivity contribution in [3.05, 3.63) is 65.2 Å². The fourth-order valence-corrected chi connectivity index (χ4v) is 4.00. The molecule has 0 saturated heterocycles. The van der Waals surface area contributed by atoms with Crippen LogP contribution in [0, 0.1) is 5.92 Å². The van der Waals surface area contributed by atoms with Crippen LogP contribution in [0.2, 0.25) is 0 Å². The Labute approximate surface area is 171 Å². The van der Waals surface area contributed by atoms with Crippen molar-refractivity contribution >= 4 is 23.6 Å². The maximum atomic E-state index is 12.9. The van der Waals surface area contributed by atoms with E-state index in [0.29, 0.717) is 25.4 Å². The molecular formula is C23H28N2O2S. The van der Waals surface area contributed by atoms with Gasteiger partial charge in [-0.3, -0.25) is 9.59 Å². The molecule has 0 fully saturated rings. The number of nitrogens with zero attached hydrogens (tertiary/aromatic N) is 1. The smallest absolute Gasteiger partial charge is 0.255 e. The Hall–Kier alpha value is -2.27. The van der Waals surface area contributed by atoms with E-state index in [1.807, 2.05) is 24.3 Å². The lowest BCUT2D eigenvalue weighted by Crippen LogP contribution is -2.48. The zero-order valence-electron chi connectivity index (χ0n) is 16.8. The molecule has 5 heteroatoms. The maximum absolute atomic E-state index is 12.9. The number of carbonyl (C=O) groups is 2. The largest absolute Gasteiger partial charge is 0.354 e. The Morgan fingerprint density at radius 2 is 1.86 bits per heavy atom. The lowest BCUT2D eigenvalue weighted by Gasteiger charge is -2.28. The summed E-state index contributed by atoms with van der Waals surface area (Å²) in [6.07, 6.45) is 3.50. The van der Waals surface area contributed by atoms with Gasteiger partial charge >= 0.3 is 0 Å². The minimum absolute atomic E-state index is 0.0379. The average Bonchev–Trinajstić information content (AvgIpc) is 3.03. The third-order valence-corrected chi connectivity index (χ3v) is 5.84. The van der Waals surface area contributed by atoms with Crippen molar-refractivity contribution < 1.29 is 9.59 Å². The van der Waals surface area contributed by atoms with E-state index in [-0.39, 0.29) is 11.8 Å². The summed E-state index contributed by atoms with van der Waals surface area (Å²) in [6.45, 7) is 5.25. The number of nitrogens with one attached hydrogen (secondary N) is 1. The van der Waals surface area contributed by atoms with Crippen molar-refractivity contribution in [1.29, 1.82) is 0 Å². The van der Waals surface area contributed by atoms with Crippen molar-refractivity contribution in [2.45, 2.75) is 44.2 Å². The highest BCUT2D eigenvalue weighted by Crippen LogP contribution is 2.26. The summed E-state index contributed by atoms with van der Waals surface area (Å²) in [5.41, 5.74) is 2.92. The molecule has 0 unspecified atom stereocenters. The molecule has 148 valence electrons. The quantitative estimate of drug-likeness (QED) is 0.683. The zero-order valence-corrected chi connectivity index (χ0v) is 17.6. The van der Waals surface area contributed by atoms with Crippen LogP contribution in [-0.2, 0) is 17.8 Å². The molecule has 2 aromatic rings. The van der Waals surface area contributed by atoms with E-state index < -0.39 is 6.04 Å². The van der Waals surface area contributed by atoms with Crippen LogP contribution in [0.4, 0.5) is 0 Å². The van der Waals surface area contributed by atoms with E-state index in [0.717, 1.165) is 17.5 Å². The number of carbonyl (C=O) groups excluding carboxylic acids is 2. The normalized spacial score (nSPS) is 14.3.